The molecular formula is C36H35F3N4O4. The summed E-state index contributed by atoms with van der Waals surface area (Å²) < 4.78 is 46.3. The number of nitrogens with one attached hydrogen (secondary N) is 2. The van der Waals surface area contributed by atoms with Crippen LogP contribution in [0.3, 0.4) is 0 Å². The highest BCUT2D eigenvalue weighted by Gasteiger charge is 2.34. The second kappa shape index (κ2) is 14.9. The Labute approximate surface area is 271 Å². The maximum Gasteiger partial charge on any atom is 0.416 e. The number of anilines is 1. The molecule has 2 amide bonds. The molecule has 1 saturated heterocycles. The molecule has 2 atom stereocenters. The highest BCUT2D eigenvalue weighted by atomic mass is 19.4. The molecule has 1 aromatic heterocycles. The van der Waals surface area contributed by atoms with Gasteiger partial charge in [0.25, 0.3) is 0 Å². The molecule has 0 bridgehead atoms. The van der Waals surface area contributed by atoms with E-state index in [1.54, 1.807) is 0 Å². The summed E-state index contributed by atoms with van der Waals surface area (Å²) in [4.78, 5) is 45.9. The Kier molecular flexibility index (Phi) is 10.5. The number of benzene rings is 3. The molecule has 0 spiro atoms. The van der Waals surface area contributed by atoms with Crippen molar-refractivity contribution in [3.63, 3.8) is 0 Å². The maximum atomic E-state index is 13.9. The van der Waals surface area contributed by atoms with Gasteiger partial charge < -0.3 is 20.3 Å². The number of hydrogen-bond donors (Lipinski definition) is 2. The lowest BCUT2D eigenvalue weighted by atomic mass is 9.92. The number of likely N-dealkylation sites (tertiary alicyclic amines) is 1. The largest absolute Gasteiger partial charge is 0.445 e. The first-order chi connectivity index (χ1) is 22.6. The van der Waals surface area contributed by atoms with Crippen LogP contribution in [0.5, 0.6) is 0 Å². The number of ketones is 1. The topological polar surface area (TPSA) is 101 Å². The smallest absolute Gasteiger partial charge is 0.416 e. The van der Waals surface area contributed by atoms with Gasteiger partial charge >= 0.3 is 12.3 Å². The van der Waals surface area contributed by atoms with E-state index in [0.29, 0.717) is 18.7 Å². The molecule has 11 heteroatoms. The van der Waals surface area contributed by atoms with Crippen LogP contribution in [-0.2, 0) is 22.3 Å². The summed E-state index contributed by atoms with van der Waals surface area (Å²) >= 11 is 0. The van der Waals surface area contributed by atoms with Gasteiger partial charge in [-0.25, -0.2) is 9.78 Å². The zero-order valence-corrected chi connectivity index (χ0v) is 25.7. The van der Waals surface area contributed by atoms with Crippen LogP contribution in [0.1, 0.15) is 64.5 Å². The fourth-order valence-corrected chi connectivity index (χ4v) is 5.47. The number of carbonyl (C=O) groups is 3. The van der Waals surface area contributed by atoms with Crippen LogP contribution < -0.4 is 10.6 Å². The van der Waals surface area contributed by atoms with Crippen molar-refractivity contribution in [2.24, 2.45) is 5.92 Å². The van der Waals surface area contributed by atoms with Crippen LogP contribution in [-0.4, -0.2) is 40.8 Å². The quantitative estimate of drug-likeness (QED) is 0.175. The number of halogens is 3. The zero-order valence-electron chi connectivity index (χ0n) is 25.7. The van der Waals surface area contributed by atoms with E-state index >= 15 is 0 Å². The van der Waals surface area contributed by atoms with Crippen molar-refractivity contribution in [1.29, 1.82) is 0 Å². The van der Waals surface area contributed by atoms with E-state index in [9.17, 15) is 27.6 Å². The minimum atomic E-state index is -4.64. The van der Waals surface area contributed by atoms with Crippen molar-refractivity contribution in [2.75, 3.05) is 18.4 Å². The molecule has 0 saturated carbocycles. The summed E-state index contributed by atoms with van der Waals surface area (Å²) in [6, 6.07) is 24.7. The van der Waals surface area contributed by atoms with E-state index in [4.69, 9.17) is 4.74 Å². The first kappa shape index (κ1) is 33.2. The Morgan fingerprint density at radius 2 is 1.55 bits per heavy atom. The standard InChI is InChI=1S/C36H35F3N4O4/c1-24(26-11-6-3-7-12-26)41-31-22-29(15-18-40-31)33(44)32(28-13-8-14-30(21-28)36(37,38)39)42-34(45)27-16-19-43(20-17-27)35(46)47-23-25-9-4-2-5-10-25/h2-15,18,21-22,24,27,32H,16-17,19-20,23H2,1H3,(H,40,41)(H,42,45)/t24-,32?/m0/s1. The van der Waals surface area contributed by atoms with Gasteiger partial charge in [-0.05, 0) is 60.7 Å². The van der Waals surface area contributed by atoms with Gasteiger partial charge in [0.15, 0.2) is 5.78 Å². The van der Waals surface area contributed by atoms with Gasteiger partial charge in [-0.15, -0.1) is 0 Å². The third-order valence-corrected chi connectivity index (χ3v) is 8.13. The van der Waals surface area contributed by atoms with Gasteiger partial charge in [0.2, 0.25) is 5.91 Å². The molecule has 0 radical (unpaired) electrons. The van der Waals surface area contributed by atoms with Gasteiger partial charge in [-0.1, -0.05) is 72.8 Å². The van der Waals surface area contributed by atoms with Crippen LogP contribution in [0.4, 0.5) is 23.8 Å². The molecule has 0 aliphatic carbocycles. The molecule has 1 aliphatic heterocycles. The molecule has 4 aromatic rings. The van der Waals surface area contributed by atoms with Crippen LogP contribution in [0.25, 0.3) is 0 Å². The van der Waals surface area contributed by atoms with Crippen LogP contribution in [0.2, 0.25) is 0 Å². The molecule has 5 rings (SSSR count). The number of amides is 2. The predicted molar refractivity (Wildman–Crippen MR) is 170 cm³/mol. The average molecular weight is 645 g/mol. The van der Waals surface area contributed by atoms with E-state index < -0.39 is 41.5 Å². The SMILES string of the molecule is C[C@H](Nc1cc(C(=O)C(NC(=O)C2CCN(C(=O)OCc3ccccc3)CC2)c2cccc(C(F)(F)F)c2)ccn1)c1ccccc1. The number of pyridine rings is 1. The van der Waals surface area contributed by atoms with Crippen molar-refractivity contribution in [2.45, 2.75) is 44.6 Å². The van der Waals surface area contributed by atoms with Crippen LogP contribution in [0, 0.1) is 5.92 Å². The molecule has 1 unspecified atom stereocenters. The summed E-state index contributed by atoms with van der Waals surface area (Å²) in [6.07, 6.45) is -3.09. The molecule has 3 aromatic carbocycles. The number of rotatable bonds is 10. The summed E-state index contributed by atoms with van der Waals surface area (Å²) in [5, 5.41) is 5.97. The molecule has 244 valence electrons. The van der Waals surface area contributed by atoms with Gasteiger partial charge in [0, 0.05) is 36.8 Å². The van der Waals surface area contributed by atoms with Crippen molar-refractivity contribution in [1.82, 2.24) is 15.2 Å². The van der Waals surface area contributed by atoms with Gasteiger partial charge in [-0.3, -0.25) is 9.59 Å². The number of hydrogen-bond acceptors (Lipinski definition) is 6. The Morgan fingerprint density at radius 1 is 0.894 bits per heavy atom. The normalized spacial score (nSPS) is 14.9. The zero-order chi connectivity index (χ0) is 33.4. The fourth-order valence-electron chi connectivity index (χ4n) is 5.47. The Balaban J connectivity index is 1.29. The Morgan fingerprint density at radius 3 is 2.23 bits per heavy atom. The van der Waals surface area contributed by atoms with E-state index in [0.717, 1.165) is 23.3 Å². The average Bonchev–Trinajstić information content (AvgIpc) is 3.10. The first-order valence-electron chi connectivity index (χ1n) is 15.3. The summed E-state index contributed by atoms with van der Waals surface area (Å²) in [7, 11) is 0. The summed E-state index contributed by atoms with van der Waals surface area (Å²) in [5.41, 5.74) is 1.09. The van der Waals surface area contributed by atoms with E-state index in [2.05, 4.69) is 15.6 Å². The summed E-state index contributed by atoms with van der Waals surface area (Å²) in [6.45, 7) is 2.57. The van der Waals surface area contributed by atoms with Crippen molar-refractivity contribution >= 4 is 23.6 Å². The lowest BCUT2D eigenvalue weighted by Gasteiger charge is -2.31. The fraction of sp³-hybridized carbons (Fsp3) is 0.278. The molecule has 47 heavy (non-hydrogen) atoms. The Hall–Kier alpha value is -5.19. The second-order valence-electron chi connectivity index (χ2n) is 11.4. The van der Waals surface area contributed by atoms with Crippen molar-refractivity contribution in [3.8, 4) is 0 Å². The number of piperidine rings is 1. The highest BCUT2D eigenvalue weighted by Crippen LogP contribution is 2.32. The number of Topliss-reactive ketones (excluding diaryl/α,β-unsaturated/α-hetero) is 1. The van der Waals surface area contributed by atoms with Gasteiger partial charge in [0.05, 0.1) is 5.56 Å². The molecule has 2 heterocycles. The van der Waals surface area contributed by atoms with Crippen LogP contribution >= 0.6 is 0 Å². The lowest BCUT2D eigenvalue weighted by Crippen LogP contribution is -2.45. The third kappa shape index (κ3) is 8.75. The Bertz CT molecular complexity index is 1680. The van der Waals surface area contributed by atoms with Crippen molar-refractivity contribution in [3.05, 3.63) is 131 Å². The highest BCUT2D eigenvalue weighted by molar-refractivity contribution is 6.03. The minimum absolute atomic E-state index is 0.00377. The number of carbonyl (C=O) groups excluding carboxylic acids is 3. The number of aromatic nitrogens is 1. The van der Waals surface area contributed by atoms with Gasteiger partial charge in [0.1, 0.15) is 18.5 Å². The van der Waals surface area contributed by atoms with E-state index in [1.807, 2.05) is 67.6 Å². The number of nitrogens with zero attached hydrogens (tertiary/aromatic N) is 2. The molecule has 1 fully saturated rings. The maximum absolute atomic E-state index is 13.9. The first-order valence-corrected chi connectivity index (χ1v) is 15.3. The molecular weight excluding hydrogens is 609 g/mol. The molecule has 2 N–H and O–H groups in total. The number of ether oxygens (including phenoxy) is 1. The lowest BCUT2D eigenvalue weighted by molar-refractivity contribution is -0.137. The molecule has 1 aliphatic rings. The minimum Gasteiger partial charge on any atom is -0.445 e. The van der Waals surface area contributed by atoms with E-state index in [1.165, 1.54) is 35.4 Å². The van der Waals surface area contributed by atoms with Crippen LogP contribution in [0.15, 0.2) is 103 Å². The third-order valence-electron chi connectivity index (χ3n) is 8.13. The second-order valence-corrected chi connectivity index (χ2v) is 11.4. The predicted octanol–water partition coefficient (Wildman–Crippen LogP) is 7.36. The van der Waals surface area contributed by atoms with Crippen molar-refractivity contribution < 1.29 is 32.3 Å². The number of alkyl halides is 3. The summed E-state index contributed by atoms with van der Waals surface area (Å²) in [5.74, 6) is -1.23. The van der Waals surface area contributed by atoms with Gasteiger partial charge in [-0.2, -0.15) is 13.2 Å². The molecule has 8 nitrogen and oxygen atoms in total. The van der Waals surface area contributed by atoms with E-state index in [-0.39, 0.29) is 36.9 Å². The monoisotopic (exact) mass is 644 g/mol.